The minimum absolute atomic E-state index is 0.0109. The number of aliphatic hydroxyl groups excluding tert-OH is 2. The molecule has 0 unspecified atom stereocenters. The van der Waals surface area contributed by atoms with Crippen LogP contribution in [0.3, 0.4) is 0 Å². The second-order valence-electron chi connectivity index (χ2n) is 22.6. The van der Waals surface area contributed by atoms with Gasteiger partial charge < -0.3 is 85.6 Å². The Morgan fingerprint density at radius 2 is 0.934 bits per heavy atom. The Morgan fingerprint density at radius 3 is 1.26 bits per heavy atom. The van der Waals surface area contributed by atoms with Crippen molar-refractivity contribution in [1.29, 1.82) is 0 Å². The average molecular weight is 1280 g/mol. The van der Waals surface area contributed by atoms with Crippen LogP contribution in [0.2, 0.25) is 0 Å². The fourth-order valence-electron chi connectivity index (χ4n) is 10.5. The molecule has 500 valence electrons. The number of primary amides is 2. The molecule has 4 rings (SSSR count). The second-order valence-corrected chi connectivity index (χ2v) is 22.6. The Balaban J connectivity index is 1.40. The van der Waals surface area contributed by atoms with E-state index in [1.807, 2.05) is 0 Å². The molecule has 4 bridgehead atoms. The van der Waals surface area contributed by atoms with Crippen LogP contribution >= 0.6 is 0 Å². The number of fused-ring (bicyclic) bond motifs is 4. The first kappa shape index (κ1) is 75.3. The van der Waals surface area contributed by atoms with E-state index in [-0.39, 0.29) is 97.1 Å². The van der Waals surface area contributed by atoms with E-state index in [4.69, 9.17) is 54.1 Å². The molecule has 0 aromatic heterocycles. The largest absolute Gasteiger partial charge is 0.462 e. The van der Waals surface area contributed by atoms with Gasteiger partial charge in [0.1, 0.15) is 38.6 Å². The van der Waals surface area contributed by atoms with Gasteiger partial charge in [0.05, 0.1) is 47.2 Å². The summed E-state index contributed by atoms with van der Waals surface area (Å²) in [7, 11) is 5.61. The first-order chi connectivity index (χ1) is 43.0. The van der Waals surface area contributed by atoms with E-state index in [0.717, 1.165) is 12.2 Å². The van der Waals surface area contributed by atoms with Gasteiger partial charge in [-0.2, -0.15) is 0 Å². The Morgan fingerprint density at radius 1 is 0.571 bits per heavy atom. The molecule has 4 amide bonds. The van der Waals surface area contributed by atoms with E-state index in [0.29, 0.717) is 11.1 Å². The van der Waals surface area contributed by atoms with E-state index in [1.54, 1.807) is 53.7 Å². The Labute approximate surface area is 529 Å². The molecular weight excluding hydrogens is 1190 g/mol. The third-order valence-electron chi connectivity index (χ3n) is 15.4. The number of ketones is 4. The molecule has 0 saturated heterocycles. The third-order valence-corrected chi connectivity index (χ3v) is 15.4. The summed E-state index contributed by atoms with van der Waals surface area (Å²) in [5.74, 6) is -7.83. The quantitative estimate of drug-likeness (QED) is 0.0321. The maximum Gasteiger partial charge on any atom is 0.405 e. The lowest BCUT2D eigenvalue weighted by Gasteiger charge is -2.30. The fraction of sp³-hybridized carbons (Fsp3) is 0.531. The lowest BCUT2D eigenvalue weighted by Crippen LogP contribution is -2.38. The Hall–Kier alpha value is -8.18. The highest BCUT2D eigenvalue weighted by atomic mass is 16.6. The third kappa shape index (κ3) is 22.6. The SMILES string of the molecule is CO[C@H]1/C=C\C=C(/C)C(=O)NC2=CC(=O)C(NCCOC(=O)COCC(=O)OCCNC3=C4C[C@@H](C)C[C@H](OC)[C@H](O)[C@@H](C)/C=C(\C)[C@H](OC(N)=O)[C@@H](OC)/C=C\C=C(/C)C(=O)NC(=CC3=O)C4=O)=C(C[C@@H](C)C[C@H](OC)[C@H](O)[C@@H](C)/C=C(\C)[C@@H]1OC(N)=O)C2=O. The van der Waals surface area contributed by atoms with Crippen LogP contribution in [0.1, 0.15) is 81.1 Å². The van der Waals surface area contributed by atoms with Crippen molar-refractivity contribution in [1.82, 2.24) is 21.3 Å². The molecule has 0 radical (unpaired) electrons. The molecule has 27 nitrogen and oxygen atoms in total. The number of hydrogen-bond donors (Lipinski definition) is 8. The van der Waals surface area contributed by atoms with Gasteiger partial charge in [0.25, 0.3) is 11.8 Å². The standard InChI is InChI=1S/C64H88N6O21/c1-33-23-41-53(45(71)29-43(57(41)77)69-61(79)35(3)15-13-17-47(83-9)59(90-63(65)81)39(7)27-37(5)55(75)49(25-33)85-11)67-19-21-88-51(73)31-87-32-52(74)89-22-20-68-54-42-24-34(2)26-50(86-12)56(76)38(6)28-40(8)60(91-64(66)82)48(84-10)18-14-16-36(4)62(80)70-44(58(42)78)30-46(54)72/h13-18,27-30,33-34,37-38,47-50,55-56,59-60,67-68,75-76H,19-26,31-32H2,1-12H3,(H2,65,81)(H2,66,82)(H,69,79)(H,70,80)/b17-13-,18-14-,35-15+,36-16+,39-27+,40-28+/t33-,34-,37+,38+,47+,48+,49+,50+,55-,56-,59+,60+/m1/s1. The topological polar surface area (TPSA) is 394 Å². The van der Waals surface area contributed by atoms with Crippen LogP contribution in [0.5, 0.6) is 0 Å². The number of ether oxygens (including phenoxy) is 9. The summed E-state index contributed by atoms with van der Waals surface area (Å²) in [5, 5.41) is 33.9. The van der Waals surface area contributed by atoms with Crippen LogP contribution in [0.4, 0.5) is 9.59 Å². The number of rotatable bonds is 18. The molecule has 0 aromatic rings. The second kappa shape index (κ2) is 36.6. The lowest BCUT2D eigenvalue weighted by molar-refractivity contribution is -0.155. The molecule has 0 fully saturated rings. The summed E-state index contributed by atoms with van der Waals surface area (Å²) in [6, 6.07) is 0. The van der Waals surface area contributed by atoms with Crippen molar-refractivity contribution in [2.75, 3.05) is 68.0 Å². The zero-order chi connectivity index (χ0) is 67.8. The van der Waals surface area contributed by atoms with Crippen LogP contribution in [0.15, 0.2) is 117 Å². The number of nitrogens with two attached hydrogens (primary N) is 2. The van der Waals surface area contributed by atoms with E-state index in [2.05, 4.69) is 21.3 Å². The minimum atomic E-state index is -1.11. The molecule has 91 heavy (non-hydrogen) atoms. The lowest BCUT2D eigenvalue weighted by atomic mass is 9.85. The predicted molar refractivity (Wildman–Crippen MR) is 328 cm³/mol. The molecular formula is C64H88N6O21. The number of methoxy groups -OCH3 is 4. The molecule has 27 heteroatoms. The van der Waals surface area contributed by atoms with E-state index < -0.39 is 145 Å². The number of esters is 2. The van der Waals surface area contributed by atoms with Crippen LogP contribution in [0, 0.1) is 23.7 Å². The average Bonchev–Trinajstić information content (AvgIpc) is 1.04. The predicted octanol–water partition coefficient (Wildman–Crippen LogP) is 2.82. The van der Waals surface area contributed by atoms with Crippen LogP contribution in [-0.4, -0.2) is 186 Å². The fourth-order valence-corrected chi connectivity index (χ4v) is 10.5. The number of amides is 4. The first-order valence-corrected chi connectivity index (χ1v) is 29.6. The number of Topliss-reactive ketones (excluding diaryl/α,β-unsaturated/α-hetero) is 2. The van der Waals surface area contributed by atoms with Crippen molar-refractivity contribution in [2.24, 2.45) is 35.1 Å². The van der Waals surface area contributed by atoms with E-state index >= 15 is 0 Å². The van der Waals surface area contributed by atoms with Gasteiger partial charge in [-0.25, -0.2) is 19.2 Å². The van der Waals surface area contributed by atoms with Crippen LogP contribution < -0.4 is 32.7 Å². The van der Waals surface area contributed by atoms with Crippen molar-refractivity contribution in [2.45, 2.75) is 130 Å². The molecule has 4 aliphatic rings. The summed E-state index contributed by atoms with van der Waals surface area (Å²) < 4.78 is 49.2. The number of hydrogen-bond acceptors (Lipinski definition) is 23. The van der Waals surface area contributed by atoms with Crippen molar-refractivity contribution in [3.05, 3.63) is 117 Å². The van der Waals surface area contributed by atoms with Crippen molar-refractivity contribution in [3.8, 4) is 0 Å². The Bertz CT molecular complexity index is 2840. The maximum absolute atomic E-state index is 14.1. The molecule has 10 N–H and O–H groups in total. The van der Waals surface area contributed by atoms with Gasteiger partial charge in [0, 0.05) is 87.8 Å². The summed E-state index contributed by atoms with van der Waals surface area (Å²) in [5.41, 5.74) is 11.3. The van der Waals surface area contributed by atoms with Crippen LogP contribution in [0.25, 0.3) is 0 Å². The van der Waals surface area contributed by atoms with Crippen molar-refractivity contribution in [3.63, 3.8) is 0 Å². The van der Waals surface area contributed by atoms with Gasteiger partial charge in [-0.15, -0.1) is 0 Å². The van der Waals surface area contributed by atoms with Gasteiger partial charge >= 0.3 is 24.1 Å². The number of allylic oxidation sites excluding steroid dienone is 8. The molecule has 2 aliphatic carbocycles. The number of carbonyl (C=O) groups is 10. The molecule has 0 spiro atoms. The number of aliphatic hydroxyl groups is 2. The van der Waals surface area contributed by atoms with Crippen molar-refractivity contribution >= 4 is 59.1 Å². The number of nitrogens with one attached hydrogen (secondary N) is 4. The highest BCUT2D eigenvalue weighted by Crippen LogP contribution is 2.31. The van der Waals surface area contributed by atoms with Crippen molar-refractivity contribution < 1.29 is 101 Å². The van der Waals surface area contributed by atoms with E-state index in [1.165, 1.54) is 78.7 Å². The molecule has 0 aromatic carbocycles. The molecule has 12 atom stereocenters. The smallest absolute Gasteiger partial charge is 0.405 e. The number of carbonyl (C=O) groups excluding carboxylic acids is 10. The van der Waals surface area contributed by atoms with Gasteiger partial charge in [-0.3, -0.25) is 28.8 Å². The molecule has 2 aliphatic heterocycles. The summed E-state index contributed by atoms with van der Waals surface area (Å²) in [6.07, 6.45) is 4.86. The van der Waals surface area contributed by atoms with Gasteiger partial charge in [0.15, 0.2) is 12.2 Å². The van der Waals surface area contributed by atoms with Gasteiger partial charge in [-0.1, -0.05) is 76.3 Å². The maximum atomic E-state index is 14.1. The monoisotopic (exact) mass is 1280 g/mol. The highest BCUT2D eigenvalue weighted by Gasteiger charge is 2.36. The molecule has 0 saturated carbocycles. The minimum Gasteiger partial charge on any atom is -0.462 e. The Kier molecular flexibility index (Phi) is 30.3. The van der Waals surface area contributed by atoms with E-state index in [9.17, 15) is 58.2 Å². The first-order valence-electron chi connectivity index (χ1n) is 29.6. The summed E-state index contributed by atoms with van der Waals surface area (Å²) >= 11 is 0. The normalized spacial score (nSPS) is 30.2. The highest BCUT2D eigenvalue weighted by molar-refractivity contribution is 6.24. The van der Waals surface area contributed by atoms with Gasteiger partial charge in [0.2, 0.25) is 23.1 Å². The zero-order valence-electron chi connectivity index (χ0n) is 53.6. The molecule has 2 heterocycles. The van der Waals surface area contributed by atoms with Gasteiger partial charge in [-0.05, 0) is 76.4 Å². The zero-order valence-corrected chi connectivity index (χ0v) is 53.6. The summed E-state index contributed by atoms with van der Waals surface area (Å²) in [6.45, 7) is 11.0. The van der Waals surface area contributed by atoms with Crippen LogP contribution in [-0.2, 0) is 81.0 Å². The summed E-state index contributed by atoms with van der Waals surface area (Å²) in [4.78, 5) is 132.